The van der Waals surface area contributed by atoms with E-state index in [1.54, 1.807) is 23.1 Å². The minimum Gasteiger partial charge on any atom is -0.464 e. The van der Waals surface area contributed by atoms with E-state index in [0.717, 1.165) is 24.8 Å². The zero-order valence-corrected chi connectivity index (χ0v) is 29.5. The number of aromatic nitrogens is 4. The second-order valence-corrected chi connectivity index (χ2v) is 13.0. The van der Waals surface area contributed by atoms with Crippen molar-refractivity contribution in [1.82, 2.24) is 30.6 Å². The zero-order chi connectivity index (χ0) is 37.8. The van der Waals surface area contributed by atoms with Gasteiger partial charge in [0, 0.05) is 58.0 Å². The maximum atomic E-state index is 14.0. The molecule has 3 N–H and O–H groups in total. The maximum absolute atomic E-state index is 14.0. The number of methoxy groups -OCH3 is 1. The van der Waals surface area contributed by atoms with Crippen LogP contribution in [0.3, 0.4) is 0 Å². The predicted octanol–water partition coefficient (Wildman–Crippen LogP) is 3.89. The van der Waals surface area contributed by atoms with Crippen LogP contribution in [-0.4, -0.2) is 90.1 Å². The zero-order valence-electron chi connectivity index (χ0n) is 29.5. The molecular formula is C36H43F3N10O4. The number of carbonyl (C=O) groups excluding carboxylic acids is 3. The Hall–Kier alpha value is -5.53. The summed E-state index contributed by atoms with van der Waals surface area (Å²) in [6.45, 7) is 2.46. The first-order valence-electron chi connectivity index (χ1n) is 17.7. The van der Waals surface area contributed by atoms with Crippen molar-refractivity contribution in [3.05, 3.63) is 65.2 Å². The summed E-state index contributed by atoms with van der Waals surface area (Å²) in [6.07, 6.45) is 1.67. The van der Waals surface area contributed by atoms with Gasteiger partial charge in [0.25, 0.3) is 0 Å². The quantitative estimate of drug-likeness (QED) is 0.152. The molecule has 0 spiro atoms. The van der Waals surface area contributed by atoms with Gasteiger partial charge in [0.15, 0.2) is 5.69 Å². The van der Waals surface area contributed by atoms with Gasteiger partial charge in [-0.3, -0.25) is 9.59 Å². The molecule has 53 heavy (non-hydrogen) atoms. The van der Waals surface area contributed by atoms with Gasteiger partial charge in [-0.2, -0.15) is 18.4 Å². The number of benzene rings is 1. The van der Waals surface area contributed by atoms with Gasteiger partial charge < -0.3 is 30.5 Å². The molecule has 2 aromatic heterocycles. The molecule has 17 heteroatoms. The average molecular weight is 737 g/mol. The fourth-order valence-corrected chi connectivity index (χ4v) is 6.49. The molecular weight excluding hydrogens is 693 g/mol. The minimum absolute atomic E-state index is 0.0812. The van der Waals surface area contributed by atoms with Crippen LogP contribution in [0.15, 0.2) is 42.6 Å². The van der Waals surface area contributed by atoms with Crippen molar-refractivity contribution in [3.8, 4) is 6.07 Å². The number of halogens is 3. The Morgan fingerprint density at radius 1 is 0.962 bits per heavy atom. The van der Waals surface area contributed by atoms with E-state index in [9.17, 15) is 27.6 Å². The van der Waals surface area contributed by atoms with Gasteiger partial charge in [0.1, 0.15) is 17.7 Å². The van der Waals surface area contributed by atoms with Gasteiger partial charge in [-0.05, 0) is 74.6 Å². The molecule has 2 fully saturated rings. The second kappa shape index (κ2) is 18.3. The summed E-state index contributed by atoms with van der Waals surface area (Å²) in [5.74, 6) is -1.34. The molecule has 0 aliphatic carbocycles. The van der Waals surface area contributed by atoms with E-state index in [1.807, 2.05) is 17.0 Å². The molecule has 282 valence electrons. The number of esters is 1. The fourth-order valence-electron chi connectivity index (χ4n) is 6.49. The number of anilines is 3. The van der Waals surface area contributed by atoms with Crippen LogP contribution in [0.2, 0.25) is 0 Å². The normalized spacial score (nSPS) is 16.2. The third-order valence-electron chi connectivity index (χ3n) is 9.33. The van der Waals surface area contributed by atoms with E-state index < -0.39 is 24.0 Å². The molecule has 0 bridgehead atoms. The van der Waals surface area contributed by atoms with Crippen molar-refractivity contribution in [2.24, 2.45) is 5.92 Å². The van der Waals surface area contributed by atoms with E-state index in [2.05, 4.69) is 46.7 Å². The first-order valence-corrected chi connectivity index (χ1v) is 17.7. The molecule has 4 heterocycles. The summed E-state index contributed by atoms with van der Waals surface area (Å²) < 4.78 is 46.7. The maximum Gasteiger partial charge on any atom is 0.451 e. The molecule has 14 nitrogen and oxygen atoms in total. The van der Waals surface area contributed by atoms with E-state index in [4.69, 9.17) is 5.26 Å². The Labute approximate surface area is 305 Å². The number of ether oxygens (including phenoxy) is 1. The van der Waals surface area contributed by atoms with E-state index in [1.165, 1.54) is 19.4 Å². The third-order valence-corrected chi connectivity index (χ3v) is 9.33. The number of hydrogen-bond donors (Lipinski definition) is 3. The van der Waals surface area contributed by atoms with Crippen LogP contribution in [0.1, 0.15) is 72.4 Å². The molecule has 0 saturated carbocycles. The van der Waals surface area contributed by atoms with Crippen LogP contribution in [0.5, 0.6) is 0 Å². The van der Waals surface area contributed by atoms with Crippen molar-refractivity contribution >= 4 is 35.4 Å². The highest BCUT2D eigenvalue weighted by Gasteiger charge is 2.39. The molecule has 5 rings (SSSR count). The van der Waals surface area contributed by atoms with Crippen LogP contribution in [0.4, 0.5) is 30.8 Å². The Bertz CT molecular complexity index is 1760. The summed E-state index contributed by atoms with van der Waals surface area (Å²) in [4.78, 5) is 56.5. The van der Waals surface area contributed by atoms with Crippen LogP contribution < -0.4 is 25.8 Å². The summed E-state index contributed by atoms with van der Waals surface area (Å²) in [7, 11) is 1.26. The lowest BCUT2D eigenvalue weighted by Crippen LogP contribution is -2.44. The molecule has 2 aliphatic rings. The van der Waals surface area contributed by atoms with Crippen molar-refractivity contribution in [2.45, 2.75) is 63.6 Å². The monoisotopic (exact) mass is 736 g/mol. The predicted molar refractivity (Wildman–Crippen MR) is 189 cm³/mol. The molecule has 1 aromatic carbocycles. The average Bonchev–Trinajstić information content (AvgIpc) is 3.67. The molecule has 2 amide bonds. The molecule has 1 atom stereocenters. The van der Waals surface area contributed by atoms with Gasteiger partial charge in [0.05, 0.1) is 18.7 Å². The van der Waals surface area contributed by atoms with Crippen LogP contribution in [0, 0.1) is 17.2 Å². The lowest BCUT2D eigenvalue weighted by molar-refractivity contribution is -0.144. The number of piperidine rings is 1. The van der Waals surface area contributed by atoms with Crippen molar-refractivity contribution < 1.29 is 32.3 Å². The van der Waals surface area contributed by atoms with Crippen molar-refractivity contribution in [3.63, 3.8) is 0 Å². The number of rotatable bonds is 15. The number of nitrogens with one attached hydrogen (secondary N) is 3. The van der Waals surface area contributed by atoms with Gasteiger partial charge in [0.2, 0.25) is 23.6 Å². The number of hydrogen-bond acceptors (Lipinski definition) is 12. The van der Waals surface area contributed by atoms with Gasteiger partial charge in [-0.15, -0.1) is 0 Å². The topological polar surface area (TPSA) is 178 Å². The standard InChI is InChI=1S/C36H43F3N10O4/c1-53-33(52)27-12-16-43-35(45-27)44-18-17-41-31(50)6-2-4-24-13-20-48(21-14-24)29-22-30(47-34(46-29)36(37,38)39)49-19-3-5-28(49)32(51)42-15-11-25-7-9-26(23-40)10-8-25/h7-10,12,16,22,24,28H,2-6,11,13-15,17-21H2,1H3,(H,41,50)(H,42,51)(H,43,44,45)/t28-/m0/s1. The molecule has 0 unspecified atom stereocenters. The van der Waals surface area contributed by atoms with Crippen molar-refractivity contribution in [1.29, 1.82) is 5.26 Å². The van der Waals surface area contributed by atoms with Crippen LogP contribution in [-0.2, 0) is 26.9 Å². The smallest absolute Gasteiger partial charge is 0.451 e. The number of alkyl halides is 3. The number of nitriles is 1. The third kappa shape index (κ3) is 11.0. The Morgan fingerprint density at radius 3 is 2.43 bits per heavy atom. The van der Waals surface area contributed by atoms with E-state index >= 15 is 0 Å². The van der Waals surface area contributed by atoms with E-state index in [0.29, 0.717) is 82.9 Å². The largest absolute Gasteiger partial charge is 0.464 e. The van der Waals surface area contributed by atoms with E-state index in [-0.39, 0.29) is 35.1 Å². The SMILES string of the molecule is COC(=O)c1ccnc(NCCNC(=O)CCCC2CCN(c3cc(N4CCC[C@H]4C(=O)NCCc4ccc(C#N)cc4)nc(C(F)(F)F)n3)CC2)n1. The van der Waals surface area contributed by atoms with Gasteiger partial charge in [-0.25, -0.2) is 24.7 Å². The molecule has 2 aliphatic heterocycles. The summed E-state index contributed by atoms with van der Waals surface area (Å²) in [6, 6.07) is 11.5. The fraction of sp³-hybridized carbons (Fsp3) is 0.500. The lowest BCUT2D eigenvalue weighted by Gasteiger charge is -2.34. The number of amides is 2. The Morgan fingerprint density at radius 2 is 1.72 bits per heavy atom. The van der Waals surface area contributed by atoms with Crippen molar-refractivity contribution in [2.75, 3.05) is 61.5 Å². The molecule has 0 radical (unpaired) electrons. The summed E-state index contributed by atoms with van der Waals surface area (Å²) >= 11 is 0. The Kier molecular flexibility index (Phi) is 13.4. The highest BCUT2D eigenvalue weighted by molar-refractivity contribution is 5.87. The summed E-state index contributed by atoms with van der Waals surface area (Å²) in [5.41, 5.74) is 1.62. The van der Waals surface area contributed by atoms with Gasteiger partial charge in [-0.1, -0.05) is 12.1 Å². The number of carbonyl (C=O) groups is 3. The number of nitrogens with zero attached hydrogens (tertiary/aromatic N) is 7. The van der Waals surface area contributed by atoms with Crippen LogP contribution in [0.25, 0.3) is 0 Å². The highest BCUT2D eigenvalue weighted by Crippen LogP contribution is 2.34. The first kappa shape index (κ1) is 38.7. The Balaban J connectivity index is 1.08. The van der Waals surface area contributed by atoms with Crippen LogP contribution >= 0.6 is 0 Å². The lowest BCUT2D eigenvalue weighted by atomic mass is 9.91. The molecule has 2 saturated heterocycles. The second-order valence-electron chi connectivity index (χ2n) is 13.0. The van der Waals surface area contributed by atoms with Gasteiger partial charge >= 0.3 is 12.1 Å². The minimum atomic E-state index is -4.76. The highest BCUT2D eigenvalue weighted by atomic mass is 19.4. The first-order chi connectivity index (χ1) is 25.5. The molecule has 3 aromatic rings. The summed E-state index contributed by atoms with van der Waals surface area (Å²) in [5, 5.41) is 17.7.